The van der Waals surface area contributed by atoms with E-state index in [1.165, 1.54) is 13.1 Å². The van der Waals surface area contributed by atoms with E-state index < -0.39 is 18.0 Å². The van der Waals surface area contributed by atoms with Crippen molar-refractivity contribution in [2.45, 2.75) is 12.2 Å². The van der Waals surface area contributed by atoms with Crippen molar-refractivity contribution in [2.24, 2.45) is 0 Å². The number of halogens is 4. The van der Waals surface area contributed by atoms with Gasteiger partial charge in [0, 0.05) is 21.9 Å². The van der Waals surface area contributed by atoms with Crippen LogP contribution in [-0.4, -0.2) is 24.4 Å². The Balaban J connectivity index is 2.64. The highest BCUT2D eigenvalue weighted by Crippen LogP contribution is 2.41. The Morgan fingerprint density at radius 3 is 2.58 bits per heavy atom. The van der Waals surface area contributed by atoms with Gasteiger partial charge in [-0.15, -0.1) is 0 Å². The average Bonchev–Trinajstić information content (AvgIpc) is 2.25. The third-order valence-corrected chi connectivity index (χ3v) is 3.68. The molecule has 0 saturated carbocycles. The van der Waals surface area contributed by atoms with Crippen molar-refractivity contribution in [3.63, 3.8) is 0 Å². The van der Waals surface area contributed by atoms with E-state index in [2.05, 4.69) is 29.2 Å². The molecule has 1 atom stereocenters. The summed E-state index contributed by atoms with van der Waals surface area (Å²) in [4.78, 5) is 1.11. The summed E-state index contributed by atoms with van der Waals surface area (Å²) in [6, 6.07) is 3.28. The van der Waals surface area contributed by atoms with E-state index in [4.69, 9.17) is 0 Å². The molecule has 0 bridgehead atoms. The predicted octanol–water partition coefficient (Wildman–Crippen LogP) is 4.13. The van der Waals surface area contributed by atoms with Crippen LogP contribution in [0.15, 0.2) is 36.1 Å². The number of nitrogens with zero attached hydrogens (tertiary/aromatic N) is 1. The first kappa shape index (κ1) is 14.2. The predicted molar refractivity (Wildman–Crippen MR) is 77.2 cm³/mol. The average molecular weight is 381 g/mol. The summed E-state index contributed by atoms with van der Waals surface area (Å²) in [5.74, 6) is -0.557. The van der Waals surface area contributed by atoms with E-state index in [9.17, 15) is 18.3 Å². The highest BCUT2D eigenvalue weighted by molar-refractivity contribution is 14.1. The molecule has 1 aromatic carbocycles. The van der Waals surface area contributed by atoms with Crippen LogP contribution in [0, 0.1) is 3.57 Å². The van der Waals surface area contributed by atoms with Crippen molar-refractivity contribution >= 4 is 34.4 Å². The van der Waals surface area contributed by atoms with Gasteiger partial charge in [0.1, 0.15) is 5.76 Å². The standard InChI is InChI=1S/C13H11F3INO/c1-7(19)10-6-8-5-9(17)3-4-11(8)18(2)12(10)13(14,15)16/h3-6,12,19H,1H2,2H3. The Kier molecular flexibility index (Phi) is 3.55. The third kappa shape index (κ3) is 2.58. The minimum absolute atomic E-state index is 0.218. The summed E-state index contributed by atoms with van der Waals surface area (Å²) in [5, 5.41) is 9.43. The number of alkyl halides is 3. The molecule has 2 rings (SSSR count). The first-order valence-corrected chi connectivity index (χ1v) is 6.48. The quantitative estimate of drug-likeness (QED) is 0.584. The molecule has 1 aliphatic heterocycles. The lowest BCUT2D eigenvalue weighted by Crippen LogP contribution is -2.47. The topological polar surface area (TPSA) is 23.5 Å². The minimum Gasteiger partial charge on any atom is -0.508 e. The molecule has 19 heavy (non-hydrogen) atoms. The third-order valence-electron chi connectivity index (χ3n) is 3.01. The van der Waals surface area contributed by atoms with Crippen molar-refractivity contribution in [1.82, 2.24) is 0 Å². The van der Waals surface area contributed by atoms with Gasteiger partial charge >= 0.3 is 6.18 Å². The van der Waals surface area contributed by atoms with Crippen molar-refractivity contribution < 1.29 is 18.3 Å². The summed E-state index contributed by atoms with van der Waals surface area (Å²) >= 11 is 2.08. The van der Waals surface area contributed by atoms with Gasteiger partial charge in [0.2, 0.25) is 0 Å². The largest absolute Gasteiger partial charge is 0.508 e. The van der Waals surface area contributed by atoms with Crippen molar-refractivity contribution in [2.75, 3.05) is 11.9 Å². The summed E-state index contributed by atoms with van der Waals surface area (Å²) in [7, 11) is 1.36. The molecular formula is C13H11F3INO. The number of rotatable bonds is 1. The van der Waals surface area contributed by atoms with Crippen LogP contribution in [0.3, 0.4) is 0 Å². The highest BCUT2D eigenvalue weighted by atomic mass is 127. The second-order valence-corrected chi connectivity index (χ2v) is 5.55. The lowest BCUT2D eigenvalue weighted by Gasteiger charge is -2.37. The maximum atomic E-state index is 13.1. The first-order chi connectivity index (χ1) is 8.71. The van der Waals surface area contributed by atoms with Crippen LogP contribution in [0.1, 0.15) is 5.56 Å². The van der Waals surface area contributed by atoms with E-state index in [-0.39, 0.29) is 5.57 Å². The van der Waals surface area contributed by atoms with Gasteiger partial charge in [-0.2, -0.15) is 13.2 Å². The molecule has 1 heterocycles. The van der Waals surface area contributed by atoms with Crippen molar-refractivity contribution in [3.8, 4) is 0 Å². The summed E-state index contributed by atoms with van der Waals surface area (Å²) in [6.07, 6.45) is -3.13. The molecule has 0 spiro atoms. The number of aliphatic hydroxyl groups excluding tert-OH is 1. The summed E-state index contributed by atoms with van der Waals surface area (Å²) < 4.78 is 40.3. The van der Waals surface area contributed by atoms with Gasteiger partial charge in [-0.25, -0.2) is 0 Å². The number of aliphatic hydroxyl groups is 1. The molecule has 0 amide bonds. The molecular weight excluding hydrogens is 370 g/mol. The molecule has 6 heteroatoms. The summed E-state index contributed by atoms with van der Waals surface area (Å²) in [6.45, 7) is 3.23. The fourth-order valence-corrected chi connectivity index (χ4v) is 2.71. The SMILES string of the molecule is C=C(O)C1=Cc2cc(I)ccc2N(C)C1C(F)(F)F. The van der Waals surface area contributed by atoms with Crippen LogP contribution in [0.5, 0.6) is 0 Å². The monoisotopic (exact) mass is 381 g/mol. The van der Waals surface area contributed by atoms with E-state index in [0.717, 1.165) is 8.47 Å². The number of benzene rings is 1. The lowest BCUT2D eigenvalue weighted by atomic mass is 9.94. The first-order valence-electron chi connectivity index (χ1n) is 5.40. The highest BCUT2D eigenvalue weighted by Gasteiger charge is 2.47. The second kappa shape index (κ2) is 4.73. The van der Waals surface area contributed by atoms with Gasteiger partial charge in [-0.1, -0.05) is 6.58 Å². The van der Waals surface area contributed by atoms with E-state index in [1.54, 1.807) is 18.2 Å². The number of likely N-dealkylation sites (N-methyl/N-ethyl adjacent to an activating group) is 1. The Hall–Kier alpha value is -1.18. The lowest BCUT2D eigenvalue weighted by molar-refractivity contribution is -0.139. The van der Waals surface area contributed by atoms with Gasteiger partial charge in [0.05, 0.1) is 0 Å². The fourth-order valence-electron chi connectivity index (χ4n) is 2.19. The smallest absolute Gasteiger partial charge is 0.413 e. The Morgan fingerprint density at radius 2 is 2.05 bits per heavy atom. The van der Waals surface area contributed by atoms with Gasteiger partial charge in [-0.05, 0) is 52.4 Å². The Labute approximate surface area is 122 Å². The molecule has 1 aliphatic rings. The molecule has 0 fully saturated rings. The Morgan fingerprint density at radius 1 is 1.42 bits per heavy atom. The molecule has 1 aromatic rings. The van der Waals surface area contributed by atoms with E-state index in [1.807, 2.05) is 0 Å². The second-order valence-electron chi connectivity index (χ2n) is 4.30. The molecule has 1 unspecified atom stereocenters. The fraction of sp³-hybridized carbons (Fsp3) is 0.231. The van der Waals surface area contributed by atoms with Crippen LogP contribution >= 0.6 is 22.6 Å². The number of fused-ring (bicyclic) bond motifs is 1. The van der Waals surface area contributed by atoms with Gasteiger partial charge in [-0.3, -0.25) is 0 Å². The van der Waals surface area contributed by atoms with Crippen molar-refractivity contribution in [1.29, 1.82) is 0 Å². The Bertz CT molecular complexity index is 565. The molecule has 1 N–H and O–H groups in total. The zero-order chi connectivity index (χ0) is 14.4. The van der Waals surface area contributed by atoms with Crippen LogP contribution in [-0.2, 0) is 0 Å². The molecule has 102 valence electrons. The van der Waals surface area contributed by atoms with Crippen molar-refractivity contribution in [3.05, 3.63) is 45.2 Å². The van der Waals surface area contributed by atoms with Crippen LogP contribution in [0.4, 0.5) is 18.9 Å². The molecule has 0 radical (unpaired) electrons. The van der Waals surface area contributed by atoms with Crippen LogP contribution in [0.2, 0.25) is 0 Å². The zero-order valence-corrected chi connectivity index (χ0v) is 12.2. The number of hydrogen-bond acceptors (Lipinski definition) is 2. The molecule has 2 nitrogen and oxygen atoms in total. The molecule has 0 aliphatic carbocycles. The zero-order valence-electron chi connectivity index (χ0n) is 10.0. The van der Waals surface area contributed by atoms with E-state index in [0.29, 0.717) is 11.3 Å². The molecule has 0 aromatic heterocycles. The maximum absolute atomic E-state index is 13.1. The van der Waals surface area contributed by atoms with Crippen LogP contribution in [0.25, 0.3) is 6.08 Å². The van der Waals surface area contributed by atoms with Crippen LogP contribution < -0.4 is 4.90 Å². The summed E-state index contributed by atoms with van der Waals surface area (Å²) in [5.41, 5.74) is 0.900. The number of hydrogen-bond donors (Lipinski definition) is 1. The number of anilines is 1. The minimum atomic E-state index is -4.48. The van der Waals surface area contributed by atoms with Gasteiger partial charge in [0.15, 0.2) is 6.04 Å². The van der Waals surface area contributed by atoms with Gasteiger partial charge < -0.3 is 10.0 Å². The molecule has 0 saturated heterocycles. The van der Waals surface area contributed by atoms with E-state index >= 15 is 0 Å². The maximum Gasteiger partial charge on any atom is 0.413 e. The normalized spacial score (nSPS) is 18.9. The van der Waals surface area contributed by atoms with Gasteiger partial charge in [0.25, 0.3) is 0 Å².